The Bertz CT molecular complexity index is 672. The van der Waals surface area contributed by atoms with E-state index in [0.717, 1.165) is 6.26 Å². The number of carbonyl (C=O) groups excluding carboxylic acids is 1. The first-order chi connectivity index (χ1) is 9.13. The lowest BCUT2D eigenvalue weighted by atomic mass is 10.1. The van der Waals surface area contributed by atoms with E-state index in [9.17, 15) is 13.2 Å². The minimum atomic E-state index is -3.56. The molecule has 0 aliphatic carbocycles. The van der Waals surface area contributed by atoms with Gasteiger partial charge in [-0.2, -0.15) is 5.26 Å². The van der Waals surface area contributed by atoms with Crippen molar-refractivity contribution in [2.75, 3.05) is 18.7 Å². The number of ether oxygens (including phenoxy) is 1. The van der Waals surface area contributed by atoms with Crippen molar-refractivity contribution in [2.45, 2.75) is 18.6 Å². The summed E-state index contributed by atoms with van der Waals surface area (Å²) in [4.78, 5) is 12.1. The van der Waals surface area contributed by atoms with Crippen LogP contribution < -0.4 is 10.1 Å². The van der Waals surface area contributed by atoms with Gasteiger partial charge in [-0.1, -0.05) is 0 Å². The topological polar surface area (TPSA) is 96.3 Å². The zero-order valence-electron chi connectivity index (χ0n) is 11.7. The highest BCUT2D eigenvalue weighted by atomic mass is 32.2. The number of nitrogens with one attached hydrogen (secondary N) is 1. The number of carbonyl (C=O) groups is 1. The van der Waals surface area contributed by atoms with Gasteiger partial charge >= 0.3 is 0 Å². The molecular weight excluding hydrogens is 280 g/mol. The van der Waals surface area contributed by atoms with Crippen LogP contribution in [0.3, 0.4) is 0 Å². The average molecular weight is 296 g/mol. The quantitative estimate of drug-likeness (QED) is 0.904. The predicted molar refractivity (Wildman–Crippen MR) is 75.3 cm³/mol. The van der Waals surface area contributed by atoms with Crippen LogP contribution in [0, 0.1) is 11.3 Å². The summed E-state index contributed by atoms with van der Waals surface area (Å²) in [5.74, 6) is -0.371. The Morgan fingerprint density at radius 3 is 2.45 bits per heavy atom. The summed E-state index contributed by atoms with van der Waals surface area (Å²) in [6, 6.07) is 6.41. The van der Waals surface area contributed by atoms with Gasteiger partial charge in [0.1, 0.15) is 10.5 Å². The first-order valence-corrected chi connectivity index (χ1v) is 7.62. The number of rotatable bonds is 4. The third kappa shape index (κ3) is 3.08. The number of amides is 1. The minimum Gasteiger partial charge on any atom is -0.495 e. The summed E-state index contributed by atoms with van der Waals surface area (Å²) >= 11 is 0. The van der Waals surface area contributed by atoms with Crippen molar-refractivity contribution >= 4 is 21.4 Å². The lowest BCUT2D eigenvalue weighted by Gasteiger charge is -2.22. The summed E-state index contributed by atoms with van der Waals surface area (Å²) in [6.45, 7) is 2.65. The van der Waals surface area contributed by atoms with Crippen molar-refractivity contribution in [1.82, 2.24) is 0 Å². The van der Waals surface area contributed by atoms with Gasteiger partial charge in [0.25, 0.3) is 0 Å². The van der Waals surface area contributed by atoms with E-state index in [4.69, 9.17) is 10.00 Å². The van der Waals surface area contributed by atoms with Gasteiger partial charge in [-0.25, -0.2) is 8.42 Å². The second kappa shape index (κ2) is 5.51. The van der Waals surface area contributed by atoms with Gasteiger partial charge < -0.3 is 10.1 Å². The Morgan fingerprint density at radius 1 is 1.40 bits per heavy atom. The molecule has 0 atom stereocenters. The van der Waals surface area contributed by atoms with Crippen LogP contribution >= 0.6 is 0 Å². The summed E-state index contributed by atoms with van der Waals surface area (Å²) in [7, 11) is -2.16. The molecule has 6 nitrogen and oxygen atoms in total. The lowest BCUT2D eigenvalue weighted by molar-refractivity contribution is -0.117. The Labute approximate surface area is 118 Å². The molecule has 0 spiro atoms. The smallest absolute Gasteiger partial charge is 0.245 e. The number of hydrogen-bond acceptors (Lipinski definition) is 5. The first-order valence-electron chi connectivity index (χ1n) is 5.72. The average Bonchev–Trinajstić information content (AvgIpc) is 2.37. The van der Waals surface area contributed by atoms with Crippen molar-refractivity contribution in [3.63, 3.8) is 0 Å². The van der Waals surface area contributed by atoms with Crippen LogP contribution in [0.25, 0.3) is 0 Å². The van der Waals surface area contributed by atoms with Gasteiger partial charge in [0, 0.05) is 12.3 Å². The molecule has 0 saturated carbocycles. The van der Waals surface area contributed by atoms with Crippen LogP contribution in [0.5, 0.6) is 5.75 Å². The summed E-state index contributed by atoms with van der Waals surface area (Å²) in [5.41, 5.74) is 0.690. The molecular formula is C13H16N2O4S. The van der Waals surface area contributed by atoms with Gasteiger partial charge in [-0.05, 0) is 26.0 Å². The third-order valence-electron chi connectivity index (χ3n) is 3.05. The third-order valence-corrected chi connectivity index (χ3v) is 5.09. The molecule has 0 bridgehead atoms. The van der Waals surface area contributed by atoms with Crippen LogP contribution in [0.2, 0.25) is 0 Å². The number of anilines is 1. The fourth-order valence-electron chi connectivity index (χ4n) is 1.31. The van der Waals surface area contributed by atoms with Crippen LogP contribution in [0.1, 0.15) is 19.4 Å². The van der Waals surface area contributed by atoms with E-state index < -0.39 is 20.5 Å². The molecule has 1 N–H and O–H groups in total. The molecule has 0 heterocycles. The molecule has 0 unspecified atom stereocenters. The molecule has 20 heavy (non-hydrogen) atoms. The van der Waals surface area contributed by atoms with Gasteiger partial charge in [-0.15, -0.1) is 0 Å². The Morgan fingerprint density at radius 2 is 2.00 bits per heavy atom. The maximum atomic E-state index is 12.1. The van der Waals surface area contributed by atoms with E-state index in [0.29, 0.717) is 17.0 Å². The fraction of sp³-hybridized carbons (Fsp3) is 0.385. The van der Waals surface area contributed by atoms with Gasteiger partial charge in [0.2, 0.25) is 5.91 Å². The molecule has 1 rings (SSSR count). The predicted octanol–water partition coefficient (Wildman–Crippen LogP) is 1.33. The lowest BCUT2D eigenvalue weighted by Crippen LogP contribution is -2.43. The molecule has 0 fully saturated rings. The fourth-order valence-corrected chi connectivity index (χ4v) is 1.69. The zero-order valence-corrected chi connectivity index (χ0v) is 12.5. The first kappa shape index (κ1) is 16.0. The SMILES string of the molecule is COc1cc(C#N)ccc1NC(=O)C(C)(C)S(C)(=O)=O. The monoisotopic (exact) mass is 296 g/mol. The number of methoxy groups -OCH3 is 1. The van der Waals surface area contributed by atoms with E-state index in [1.54, 1.807) is 0 Å². The van der Waals surface area contributed by atoms with E-state index in [-0.39, 0.29) is 0 Å². The van der Waals surface area contributed by atoms with Gasteiger partial charge in [0.15, 0.2) is 9.84 Å². The number of benzene rings is 1. The number of nitrogens with zero attached hydrogens (tertiary/aromatic N) is 1. The van der Waals surface area contributed by atoms with E-state index in [2.05, 4.69) is 5.32 Å². The van der Waals surface area contributed by atoms with E-state index >= 15 is 0 Å². The van der Waals surface area contributed by atoms with Crippen LogP contribution in [0.15, 0.2) is 18.2 Å². The standard InChI is InChI=1S/C13H16N2O4S/c1-13(2,20(4,17)18)12(16)15-10-6-5-9(8-14)7-11(10)19-3/h5-7H,1-4H3,(H,15,16). The Kier molecular flexibility index (Phi) is 4.40. The van der Waals surface area contributed by atoms with Crippen LogP contribution in [-0.4, -0.2) is 32.4 Å². The van der Waals surface area contributed by atoms with Crippen molar-refractivity contribution in [1.29, 1.82) is 5.26 Å². The maximum Gasteiger partial charge on any atom is 0.245 e. The van der Waals surface area contributed by atoms with Gasteiger partial charge in [0.05, 0.1) is 24.4 Å². The molecule has 0 saturated heterocycles. The number of hydrogen-bond donors (Lipinski definition) is 1. The summed E-state index contributed by atoms with van der Waals surface area (Å²) in [6.07, 6.45) is 1.00. The number of nitriles is 1. The van der Waals surface area contributed by atoms with Crippen molar-refractivity contribution in [2.24, 2.45) is 0 Å². The van der Waals surface area contributed by atoms with Crippen molar-refractivity contribution in [3.05, 3.63) is 23.8 Å². The molecule has 0 aromatic heterocycles. The molecule has 0 aliphatic rings. The highest BCUT2D eigenvalue weighted by Crippen LogP contribution is 2.27. The zero-order chi connectivity index (χ0) is 15.6. The van der Waals surface area contributed by atoms with E-state index in [1.165, 1.54) is 39.2 Å². The highest BCUT2D eigenvalue weighted by Gasteiger charge is 2.38. The Balaban J connectivity index is 3.12. The molecule has 1 amide bonds. The normalized spacial score (nSPS) is 11.6. The van der Waals surface area contributed by atoms with Gasteiger partial charge in [-0.3, -0.25) is 4.79 Å². The van der Waals surface area contributed by atoms with Crippen molar-refractivity contribution in [3.8, 4) is 11.8 Å². The van der Waals surface area contributed by atoms with E-state index in [1.807, 2.05) is 6.07 Å². The minimum absolute atomic E-state index is 0.293. The molecule has 108 valence electrons. The maximum absolute atomic E-state index is 12.1. The second-order valence-electron chi connectivity index (χ2n) is 4.76. The highest BCUT2D eigenvalue weighted by molar-refractivity contribution is 7.92. The molecule has 1 aromatic carbocycles. The van der Waals surface area contributed by atoms with Crippen LogP contribution in [-0.2, 0) is 14.6 Å². The molecule has 1 aromatic rings. The second-order valence-corrected chi connectivity index (χ2v) is 7.33. The number of sulfone groups is 1. The molecule has 0 radical (unpaired) electrons. The molecule has 7 heteroatoms. The largest absolute Gasteiger partial charge is 0.495 e. The molecule has 0 aliphatic heterocycles. The van der Waals surface area contributed by atoms with Crippen LogP contribution in [0.4, 0.5) is 5.69 Å². The summed E-state index contributed by atoms with van der Waals surface area (Å²) < 4.78 is 26.7. The Hall–Kier alpha value is -2.07. The summed E-state index contributed by atoms with van der Waals surface area (Å²) in [5, 5.41) is 11.3. The van der Waals surface area contributed by atoms with Crippen molar-refractivity contribution < 1.29 is 17.9 Å².